The fourth-order valence-electron chi connectivity index (χ4n) is 3.85. The number of hydrogen-bond acceptors (Lipinski definition) is 5. The molecule has 0 aromatic heterocycles. The minimum absolute atomic E-state index is 0.109. The van der Waals surface area contributed by atoms with E-state index in [1.165, 1.54) is 12.1 Å². The smallest absolute Gasteiger partial charge is 0.224 e. The van der Waals surface area contributed by atoms with Gasteiger partial charge in [-0.15, -0.1) is 0 Å². The number of aliphatic hydroxyl groups is 2. The van der Waals surface area contributed by atoms with Gasteiger partial charge in [0.05, 0.1) is 21.4 Å². The minimum atomic E-state index is -1.46. The summed E-state index contributed by atoms with van der Waals surface area (Å²) in [6.45, 7) is 0.415. The highest BCUT2D eigenvalue weighted by Gasteiger charge is 2.42. The highest BCUT2D eigenvalue weighted by atomic mass is 35.5. The molecule has 160 valence electrons. The number of benzene rings is 2. The molecule has 0 spiro atoms. The lowest BCUT2D eigenvalue weighted by molar-refractivity contribution is -0.116. The first-order valence-corrected chi connectivity index (χ1v) is 10.4. The zero-order valence-corrected chi connectivity index (χ0v) is 17.5. The average Bonchev–Trinajstić information content (AvgIpc) is 2.70. The molecule has 0 bridgehead atoms. The Morgan fingerprint density at radius 1 is 1.23 bits per heavy atom. The van der Waals surface area contributed by atoms with E-state index in [1.54, 1.807) is 23.1 Å². The van der Waals surface area contributed by atoms with E-state index in [2.05, 4.69) is 5.32 Å². The lowest BCUT2D eigenvalue weighted by Crippen LogP contribution is -2.58. The van der Waals surface area contributed by atoms with Crippen molar-refractivity contribution < 1.29 is 24.1 Å². The summed E-state index contributed by atoms with van der Waals surface area (Å²) in [5.41, 5.74) is 0.435. The van der Waals surface area contributed by atoms with E-state index < -0.39 is 17.5 Å². The number of aliphatic hydroxyl groups excluding tert-OH is 1. The number of piperidine rings is 1. The summed E-state index contributed by atoms with van der Waals surface area (Å²) >= 11 is 12.3. The Bertz CT molecular complexity index is 990. The number of hydrogen-bond donors (Lipinski definition) is 3. The zero-order valence-electron chi connectivity index (χ0n) is 16.0. The predicted octanol–water partition coefficient (Wildman–Crippen LogP) is 3.40. The molecule has 2 atom stereocenters. The van der Waals surface area contributed by atoms with E-state index in [0.29, 0.717) is 41.5 Å². The fraction of sp³-hybridized carbons (Fsp3) is 0.381. The molecule has 2 aromatic carbocycles. The summed E-state index contributed by atoms with van der Waals surface area (Å²) in [5, 5.41) is 25.0. The van der Waals surface area contributed by atoms with Gasteiger partial charge >= 0.3 is 0 Å². The van der Waals surface area contributed by atoms with Crippen molar-refractivity contribution >= 4 is 40.5 Å². The molecular weight excluding hydrogens is 434 g/mol. The summed E-state index contributed by atoms with van der Waals surface area (Å²) < 4.78 is 19.2. The molecule has 1 amide bonds. The van der Waals surface area contributed by atoms with Crippen molar-refractivity contribution in [3.05, 3.63) is 51.8 Å². The van der Waals surface area contributed by atoms with Crippen molar-refractivity contribution in [1.82, 2.24) is 0 Å². The van der Waals surface area contributed by atoms with E-state index in [0.717, 1.165) is 5.56 Å². The van der Waals surface area contributed by atoms with Crippen LogP contribution in [-0.2, 0) is 11.2 Å². The van der Waals surface area contributed by atoms with Gasteiger partial charge in [-0.25, -0.2) is 4.39 Å². The zero-order chi connectivity index (χ0) is 21.5. The first kappa shape index (κ1) is 21.2. The molecule has 9 heteroatoms. The van der Waals surface area contributed by atoms with Gasteiger partial charge in [0, 0.05) is 25.1 Å². The third-order valence-electron chi connectivity index (χ3n) is 5.64. The largest absolute Gasteiger partial charge is 0.490 e. The molecule has 1 fully saturated rings. The first-order chi connectivity index (χ1) is 14.3. The maximum atomic E-state index is 13.3. The molecule has 2 aromatic rings. The van der Waals surface area contributed by atoms with Gasteiger partial charge in [-0.1, -0.05) is 23.2 Å². The van der Waals surface area contributed by atoms with Gasteiger partial charge < -0.3 is 25.2 Å². The van der Waals surface area contributed by atoms with E-state index in [4.69, 9.17) is 27.9 Å². The third-order valence-corrected chi connectivity index (χ3v) is 6.26. The molecule has 6 nitrogen and oxygen atoms in total. The van der Waals surface area contributed by atoms with Crippen molar-refractivity contribution in [2.24, 2.45) is 0 Å². The number of anilines is 2. The summed E-state index contributed by atoms with van der Waals surface area (Å²) in [4.78, 5) is 13.5. The van der Waals surface area contributed by atoms with Crippen LogP contribution in [0.2, 0.25) is 10.0 Å². The molecule has 2 aliphatic rings. The number of fused-ring (bicyclic) bond motifs is 1. The highest BCUT2D eigenvalue weighted by molar-refractivity contribution is 6.34. The van der Waals surface area contributed by atoms with Crippen LogP contribution >= 0.6 is 23.2 Å². The Morgan fingerprint density at radius 3 is 2.77 bits per heavy atom. The van der Waals surface area contributed by atoms with Crippen molar-refractivity contribution in [3.63, 3.8) is 0 Å². The standard InChI is InChI=1S/C21H21Cl2FN2O4/c22-14-3-5-17(13-2-6-19(28)25-20(13)14)30-11-21(29)7-8-26(10-18(21)27)16-4-1-12(24)9-15(16)23/h1,3-5,9,18,27,29H,2,6-8,10-11H2,(H,25,28)/t18-,21-/m0/s1. The number of nitrogens with one attached hydrogen (secondary N) is 1. The molecule has 2 heterocycles. The number of halogens is 3. The lowest BCUT2D eigenvalue weighted by atomic mass is 9.89. The second-order valence-corrected chi connectivity index (χ2v) is 8.46. The SMILES string of the molecule is O=C1CCc2c(OC[C@@]3(O)CCN(c4ccc(F)cc4Cl)C[C@@H]3O)ccc(Cl)c2N1. The summed E-state index contributed by atoms with van der Waals surface area (Å²) in [7, 11) is 0. The molecule has 0 unspecified atom stereocenters. The molecular formula is C21H21Cl2FN2O4. The van der Waals surface area contributed by atoms with E-state index in [-0.39, 0.29) is 30.5 Å². The van der Waals surface area contributed by atoms with Crippen molar-refractivity contribution in [1.29, 1.82) is 0 Å². The number of rotatable bonds is 4. The van der Waals surface area contributed by atoms with Crippen LogP contribution in [-0.4, -0.2) is 47.5 Å². The highest BCUT2D eigenvalue weighted by Crippen LogP contribution is 2.38. The van der Waals surface area contributed by atoms with Crippen LogP contribution in [0.3, 0.4) is 0 Å². The van der Waals surface area contributed by atoms with E-state index >= 15 is 0 Å². The summed E-state index contributed by atoms with van der Waals surface area (Å²) in [5.74, 6) is -0.0323. The number of carbonyl (C=O) groups is 1. The average molecular weight is 455 g/mol. The van der Waals surface area contributed by atoms with Crippen LogP contribution in [0.25, 0.3) is 0 Å². The van der Waals surface area contributed by atoms with Crippen LogP contribution in [0, 0.1) is 5.82 Å². The van der Waals surface area contributed by atoms with E-state index in [9.17, 15) is 19.4 Å². The number of carbonyl (C=O) groups excluding carboxylic acids is 1. The maximum Gasteiger partial charge on any atom is 0.224 e. The Kier molecular flexibility index (Phi) is 5.81. The van der Waals surface area contributed by atoms with Gasteiger partial charge in [-0.3, -0.25) is 4.79 Å². The van der Waals surface area contributed by atoms with Crippen LogP contribution in [0.15, 0.2) is 30.3 Å². The van der Waals surface area contributed by atoms with Crippen LogP contribution in [0.5, 0.6) is 5.75 Å². The van der Waals surface area contributed by atoms with Gasteiger partial charge in [0.25, 0.3) is 0 Å². The molecule has 3 N–H and O–H groups in total. The molecule has 2 aliphatic heterocycles. The van der Waals surface area contributed by atoms with Crippen LogP contribution < -0.4 is 15.0 Å². The number of ether oxygens (including phenoxy) is 1. The van der Waals surface area contributed by atoms with Gasteiger partial charge in [0.15, 0.2) is 0 Å². The first-order valence-electron chi connectivity index (χ1n) is 9.61. The predicted molar refractivity (Wildman–Crippen MR) is 113 cm³/mol. The number of β-amino-alcohol motifs (C(OH)–C–C–N with tert-alkyl or cyclic N) is 1. The van der Waals surface area contributed by atoms with Crippen molar-refractivity contribution in [3.8, 4) is 5.75 Å². The van der Waals surface area contributed by atoms with Gasteiger partial charge in [-0.2, -0.15) is 0 Å². The third kappa shape index (κ3) is 4.07. The van der Waals surface area contributed by atoms with Crippen LogP contribution in [0.1, 0.15) is 18.4 Å². The van der Waals surface area contributed by atoms with Crippen LogP contribution in [0.4, 0.5) is 15.8 Å². The lowest BCUT2D eigenvalue weighted by Gasteiger charge is -2.43. The Morgan fingerprint density at radius 2 is 2.03 bits per heavy atom. The van der Waals surface area contributed by atoms with Gasteiger partial charge in [0.1, 0.15) is 29.9 Å². The second kappa shape index (κ2) is 8.23. The minimum Gasteiger partial charge on any atom is -0.490 e. The Labute approximate surface area is 183 Å². The Balaban J connectivity index is 1.46. The number of nitrogens with zero attached hydrogens (tertiary/aromatic N) is 1. The molecule has 0 aliphatic carbocycles. The van der Waals surface area contributed by atoms with Crippen molar-refractivity contribution in [2.45, 2.75) is 31.0 Å². The molecule has 0 saturated carbocycles. The van der Waals surface area contributed by atoms with Gasteiger partial charge in [-0.05, 0) is 43.2 Å². The Hall–Kier alpha value is -2.06. The van der Waals surface area contributed by atoms with Gasteiger partial charge in [0.2, 0.25) is 5.91 Å². The monoisotopic (exact) mass is 454 g/mol. The maximum absolute atomic E-state index is 13.3. The van der Waals surface area contributed by atoms with Crippen molar-refractivity contribution in [2.75, 3.05) is 29.9 Å². The molecule has 4 rings (SSSR count). The fourth-order valence-corrected chi connectivity index (χ4v) is 4.36. The molecule has 1 saturated heterocycles. The summed E-state index contributed by atoms with van der Waals surface area (Å²) in [6, 6.07) is 7.40. The molecule has 0 radical (unpaired) electrons. The quantitative estimate of drug-likeness (QED) is 0.659. The second-order valence-electron chi connectivity index (χ2n) is 7.65. The van der Waals surface area contributed by atoms with E-state index in [1.807, 2.05) is 0 Å². The normalized spacial score (nSPS) is 23.7. The molecule has 30 heavy (non-hydrogen) atoms. The number of amides is 1. The summed E-state index contributed by atoms with van der Waals surface area (Å²) in [6.07, 6.45) is -0.0667. The topological polar surface area (TPSA) is 82.0 Å².